The van der Waals surface area contributed by atoms with Crippen molar-refractivity contribution in [3.8, 4) is 5.75 Å². The summed E-state index contributed by atoms with van der Waals surface area (Å²) in [4.78, 5) is 17.1. The maximum absolute atomic E-state index is 12.5. The Hall–Kier alpha value is -1.99. The lowest BCUT2D eigenvalue weighted by Crippen LogP contribution is -2.21. The molecule has 0 saturated heterocycles. The van der Waals surface area contributed by atoms with Crippen molar-refractivity contribution in [3.63, 3.8) is 0 Å². The number of alkyl halides is 2. The Morgan fingerprint density at radius 2 is 2.18 bits per heavy atom. The largest absolute Gasteiger partial charge is 0.434 e. The summed E-state index contributed by atoms with van der Waals surface area (Å²) in [6.45, 7) is -2.91. The number of hydrogen-bond acceptors (Lipinski definition) is 4. The van der Waals surface area contributed by atoms with Gasteiger partial charge in [0.15, 0.2) is 0 Å². The van der Waals surface area contributed by atoms with E-state index in [9.17, 15) is 13.6 Å². The minimum absolute atomic E-state index is 0.0169. The third-order valence-electron chi connectivity index (χ3n) is 3.03. The number of nitrogens with zero attached hydrogens (tertiary/aromatic N) is 2. The molecule has 0 radical (unpaired) electrons. The third-order valence-corrected chi connectivity index (χ3v) is 4.09. The molecule has 114 valence electrons. The van der Waals surface area contributed by atoms with Gasteiger partial charge in [-0.2, -0.15) is 8.78 Å². The number of fused-ring (bicyclic) bond motifs is 1. The lowest BCUT2D eigenvalue weighted by atomic mass is 10.2. The van der Waals surface area contributed by atoms with E-state index in [4.69, 9.17) is 11.6 Å². The minimum atomic E-state index is -2.95. The smallest absolute Gasteiger partial charge is 0.387 e. The second-order valence-electron chi connectivity index (χ2n) is 4.45. The molecule has 0 N–H and O–H groups in total. The molecule has 0 aliphatic heterocycles. The summed E-state index contributed by atoms with van der Waals surface area (Å²) in [5, 5.41) is 2.63. The SMILES string of the molecule is O=c1c2ccsc2ncn1Cc1cc(Cl)ccc1OC(F)F. The molecule has 3 aromatic rings. The topological polar surface area (TPSA) is 44.1 Å². The molecule has 8 heteroatoms. The summed E-state index contributed by atoms with van der Waals surface area (Å²) in [5.41, 5.74) is 0.139. The molecule has 4 nitrogen and oxygen atoms in total. The van der Waals surface area contributed by atoms with Crippen LogP contribution in [-0.4, -0.2) is 16.2 Å². The number of halogens is 3. The van der Waals surface area contributed by atoms with E-state index in [1.165, 1.54) is 40.4 Å². The average molecular weight is 343 g/mol. The van der Waals surface area contributed by atoms with Gasteiger partial charge < -0.3 is 4.74 Å². The van der Waals surface area contributed by atoms with E-state index in [-0.39, 0.29) is 17.9 Å². The first-order valence-electron chi connectivity index (χ1n) is 6.20. The fourth-order valence-electron chi connectivity index (χ4n) is 2.07. The van der Waals surface area contributed by atoms with Gasteiger partial charge in [-0.05, 0) is 29.6 Å². The Kier molecular flexibility index (Phi) is 4.08. The first-order chi connectivity index (χ1) is 10.5. The molecule has 0 fully saturated rings. The lowest BCUT2D eigenvalue weighted by Gasteiger charge is -2.12. The van der Waals surface area contributed by atoms with Crippen LogP contribution in [0.1, 0.15) is 5.56 Å². The lowest BCUT2D eigenvalue weighted by molar-refractivity contribution is -0.0504. The van der Waals surface area contributed by atoms with Gasteiger partial charge in [-0.25, -0.2) is 4.98 Å². The van der Waals surface area contributed by atoms with E-state index in [1.54, 1.807) is 11.4 Å². The molecular weight excluding hydrogens is 334 g/mol. The van der Waals surface area contributed by atoms with Crippen molar-refractivity contribution < 1.29 is 13.5 Å². The van der Waals surface area contributed by atoms with Crippen molar-refractivity contribution in [2.24, 2.45) is 0 Å². The molecule has 22 heavy (non-hydrogen) atoms. The van der Waals surface area contributed by atoms with Crippen LogP contribution in [0.25, 0.3) is 10.2 Å². The normalized spacial score (nSPS) is 11.3. The van der Waals surface area contributed by atoms with Gasteiger partial charge in [-0.1, -0.05) is 11.6 Å². The second kappa shape index (κ2) is 6.02. The maximum Gasteiger partial charge on any atom is 0.387 e. The molecule has 0 unspecified atom stereocenters. The monoisotopic (exact) mass is 342 g/mol. The molecule has 0 saturated carbocycles. The fraction of sp³-hybridized carbons (Fsp3) is 0.143. The minimum Gasteiger partial charge on any atom is -0.434 e. The Morgan fingerprint density at radius 3 is 2.95 bits per heavy atom. The summed E-state index contributed by atoms with van der Waals surface area (Å²) in [6, 6.07) is 5.97. The molecule has 0 spiro atoms. The van der Waals surface area contributed by atoms with E-state index in [2.05, 4.69) is 9.72 Å². The van der Waals surface area contributed by atoms with Gasteiger partial charge in [0, 0.05) is 10.6 Å². The molecule has 0 bridgehead atoms. The number of benzene rings is 1. The molecule has 1 aromatic carbocycles. The van der Waals surface area contributed by atoms with Crippen molar-refractivity contribution in [2.45, 2.75) is 13.2 Å². The quantitative estimate of drug-likeness (QED) is 0.725. The Morgan fingerprint density at radius 1 is 1.36 bits per heavy atom. The van der Waals surface area contributed by atoms with Crippen LogP contribution in [0.4, 0.5) is 8.78 Å². The van der Waals surface area contributed by atoms with Gasteiger partial charge in [0.05, 0.1) is 18.3 Å². The molecule has 0 aliphatic carbocycles. The van der Waals surface area contributed by atoms with Gasteiger partial charge in [0.2, 0.25) is 0 Å². The molecule has 2 heterocycles. The average Bonchev–Trinajstić information content (AvgIpc) is 2.94. The molecule has 0 atom stereocenters. The molecule has 3 rings (SSSR count). The van der Waals surface area contributed by atoms with Gasteiger partial charge in [-0.15, -0.1) is 11.3 Å². The van der Waals surface area contributed by atoms with Gasteiger partial charge in [0.25, 0.3) is 5.56 Å². The fourth-order valence-corrected chi connectivity index (χ4v) is 2.99. The number of hydrogen-bond donors (Lipinski definition) is 0. The molecule has 2 aromatic heterocycles. The van der Waals surface area contributed by atoms with Crippen molar-refractivity contribution in [1.29, 1.82) is 0 Å². The molecular formula is C14H9ClF2N2O2S. The van der Waals surface area contributed by atoms with E-state index >= 15 is 0 Å². The van der Waals surface area contributed by atoms with Crippen LogP contribution in [0.2, 0.25) is 5.02 Å². The standard InChI is InChI=1S/C14H9ClF2N2O2S/c15-9-1-2-11(21-14(16)17)8(5-9)6-19-7-18-12-10(13(19)20)3-4-22-12/h1-5,7,14H,6H2. The number of ether oxygens (including phenoxy) is 1. The van der Waals surface area contributed by atoms with Crippen LogP contribution in [0.3, 0.4) is 0 Å². The van der Waals surface area contributed by atoms with Crippen molar-refractivity contribution in [2.75, 3.05) is 0 Å². The summed E-state index contributed by atoms with van der Waals surface area (Å²) in [5.74, 6) is -0.0169. The highest BCUT2D eigenvalue weighted by atomic mass is 35.5. The maximum atomic E-state index is 12.5. The highest BCUT2D eigenvalue weighted by molar-refractivity contribution is 7.16. The van der Waals surface area contributed by atoms with Crippen LogP contribution < -0.4 is 10.3 Å². The highest BCUT2D eigenvalue weighted by Crippen LogP contribution is 2.25. The first-order valence-corrected chi connectivity index (χ1v) is 7.46. The number of aromatic nitrogens is 2. The first kappa shape index (κ1) is 14.9. The zero-order valence-electron chi connectivity index (χ0n) is 11.0. The van der Waals surface area contributed by atoms with Gasteiger partial charge in [-0.3, -0.25) is 9.36 Å². The molecule has 0 aliphatic rings. The predicted molar refractivity (Wildman–Crippen MR) is 81.1 cm³/mol. The Balaban J connectivity index is 2.02. The van der Waals surface area contributed by atoms with Crippen LogP contribution in [0.5, 0.6) is 5.75 Å². The van der Waals surface area contributed by atoms with E-state index in [0.29, 0.717) is 20.8 Å². The van der Waals surface area contributed by atoms with E-state index in [1.807, 2.05) is 0 Å². The summed E-state index contributed by atoms with van der Waals surface area (Å²) in [7, 11) is 0. The van der Waals surface area contributed by atoms with Crippen molar-refractivity contribution in [3.05, 3.63) is 56.9 Å². The van der Waals surface area contributed by atoms with E-state index < -0.39 is 6.61 Å². The zero-order chi connectivity index (χ0) is 15.7. The van der Waals surface area contributed by atoms with E-state index in [0.717, 1.165) is 0 Å². The van der Waals surface area contributed by atoms with Crippen LogP contribution >= 0.6 is 22.9 Å². The summed E-state index contributed by atoms with van der Waals surface area (Å²) in [6.07, 6.45) is 1.38. The second-order valence-corrected chi connectivity index (χ2v) is 5.78. The van der Waals surface area contributed by atoms with Gasteiger partial charge >= 0.3 is 6.61 Å². The van der Waals surface area contributed by atoms with Crippen LogP contribution in [0.15, 0.2) is 40.8 Å². The predicted octanol–water partition coefficient (Wildman–Crippen LogP) is 3.76. The Labute approximate surface area is 132 Å². The van der Waals surface area contributed by atoms with Gasteiger partial charge in [0.1, 0.15) is 10.6 Å². The zero-order valence-corrected chi connectivity index (χ0v) is 12.6. The third kappa shape index (κ3) is 2.95. The number of rotatable bonds is 4. The van der Waals surface area contributed by atoms with Crippen molar-refractivity contribution in [1.82, 2.24) is 9.55 Å². The molecule has 0 amide bonds. The van der Waals surface area contributed by atoms with Crippen LogP contribution in [-0.2, 0) is 6.54 Å². The summed E-state index contributed by atoms with van der Waals surface area (Å²) >= 11 is 7.25. The highest BCUT2D eigenvalue weighted by Gasteiger charge is 2.12. The van der Waals surface area contributed by atoms with Crippen LogP contribution in [0, 0.1) is 0 Å². The number of thiophene rings is 1. The summed E-state index contributed by atoms with van der Waals surface area (Å²) < 4.78 is 30.7. The Bertz CT molecular complexity index is 879. The van der Waals surface area contributed by atoms with Crippen molar-refractivity contribution >= 4 is 33.2 Å².